The van der Waals surface area contributed by atoms with Crippen molar-refractivity contribution in [2.75, 3.05) is 18.0 Å². The Balaban J connectivity index is 2.15. The maximum atomic E-state index is 5.64. The van der Waals surface area contributed by atoms with E-state index in [0.29, 0.717) is 12.6 Å². The molecule has 1 aromatic rings. The molecule has 0 amide bonds. The van der Waals surface area contributed by atoms with Crippen molar-refractivity contribution >= 4 is 5.82 Å². The highest BCUT2D eigenvalue weighted by molar-refractivity contribution is 5.40. The van der Waals surface area contributed by atoms with E-state index in [0.717, 1.165) is 18.1 Å². The van der Waals surface area contributed by atoms with Crippen LogP contribution in [-0.4, -0.2) is 29.1 Å². The predicted octanol–water partition coefficient (Wildman–Crippen LogP) is 1.10. The molecule has 2 N–H and O–H groups in total. The highest BCUT2D eigenvalue weighted by Crippen LogP contribution is 2.27. The van der Waals surface area contributed by atoms with E-state index in [-0.39, 0.29) is 0 Å². The molecule has 4 heteroatoms. The van der Waals surface area contributed by atoms with Crippen molar-refractivity contribution in [3.05, 3.63) is 18.1 Å². The van der Waals surface area contributed by atoms with Gasteiger partial charge < -0.3 is 10.6 Å². The lowest BCUT2D eigenvalue weighted by atomic mass is 9.91. The normalized spacial score (nSPS) is 16.1. The fourth-order valence-corrected chi connectivity index (χ4v) is 1.92. The monoisotopic (exact) mass is 206 g/mol. The van der Waals surface area contributed by atoms with Crippen LogP contribution in [0.2, 0.25) is 0 Å². The topological polar surface area (TPSA) is 55.0 Å². The van der Waals surface area contributed by atoms with Gasteiger partial charge in [0.1, 0.15) is 12.1 Å². The summed E-state index contributed by atoms with van der Waals surface area (Å²) in [6, 6.07) is 2.68. The summed E-state index contributed by atoms with van der Waals surface area (Å²) in [5.41, 5.74) is 6.65. The molecule has 0 saturated heterocycles. The van der Waals surface area contributed by atoms with Gasteiger partial charge in [-0.05, 0) is 26.2 Å². The first-order valence-corrected chi connectivity index (χ1v) is 5.56. The number of anilines is 1. The molecule has 1 aliphatic carbocycles. The molecule has 0 bridgehead atoms. The van der Waals surface area contributed by atoms with Gasteiger partial charge in [-0.3, -0.25) is 0 Å². The highest BCUT2D eigenvalue weighted by Gasteiger charge is 2.25. The summed E-state index contributed by atoms with van der Waals surface area (Å²) in [6.07, 6.45) is 5.49. The van der Waals surface area contributed by atoms with Gasteiger partial charge in [0.25, 0.3) is 0 Å². The van der Waals surface area contributed by atoms with Crippen molar-refractivity contribution in [3.8, 4) is 0 Å². The Morgan fingerprint density at radius 1 is 1.47 bits per heavy atom. The van der Waals surface area contributed by atoms with Gasteiger partial charge in [-0.2, -0.15) is 0 Å². The van der Waals surface area contributed by atoms with Crippen LogP contribution in [-0.2, 0) is 0 Å². The lowest BCUT2D eigenvalue weighted by molar-refractivity contribution is 0.386. The van der Waals surface area contributed by atoms with Crippen LogP contribution in [0.25, 0.3) is 0 Å². The van der Waals surface area contributed by atoms with E-state index in [1.807, 2.05) is 13.0 Å². The first-order chi connectivity index (χ1) is 7.31. The van der Waals surface area contributed by atoms with Crippen LogP contribution < -0.4 is 10.6 Å². The van der Waals surface area contributed by atoms with E-state index in [9.17, 15) is 0 Å². The number of aryl methyl sites for hydroxylation is 1. The Morgan fingerprint density at radius 3 is 2.80 bits per heavy atom. The third kappa shape index (κ3) is 2.26. The molecule has 0 atom stereocenters. The minimum atomic E-state index is 0.642. The lowest BCUT2D eigenvalue weighted by Gasteiger charge is -2.38. The molecule has 1 aliphatic rings. The van der Waals surface area contributed by atoms with E-state index in [1.54, 1.807) is 6.33 Å². The third-order valence-corrected chi connectivity index (χ3v) is 2.97. The van der Waals surface area contributed by atoms with Crippen LogP contribution in [0.1, 0.15) is 25.0 Å². The van der Waals surface area contributed by atoms with Gasteiger partial charge in [0.15, 0.2) is 0 Å². The van der Waals surface area contributed by atoms with Gasteiger partial charge in [0.2, 0.25) is 0 Å². The number of nitrogens with zero attached hydrogens (tertiary/aromatic N) is 3. The molecular formula is C11H18N4. The highest BCUT2D eigenvalue weighted by atomic mass is 15.2. The molecule has 82 valence electrons. The van der Waals surface area contributed by atoms with Gasteiger partial charge in [-0.15, -0.1) is 0 Å². The van der Waals surface area contributed by atoms with Crippen molar-refractivity contribution < 1.29 is 0 Å². The second kappa shape index (κ2) is 4.57. The summed E-state index contributed by atoms with van der Waals surface area (Å²) in [7, 11) is 0. The Labute approximate surface area is 90.5 Å². The maximum Gasteiger partial charge on any atom is 0.132 e. The van der Waals surface area contributed by atoms with Crippen LogP contribution >= 0.6 is 0 Å². The zero-order chi connectivity index (χ0) is 10.7. The molecule has 0 unspecified atom stereocenters. The molecule has 1 saturated carbocycles. The Morgan fingerprint density at radius 2 is 2.27 bits per heavy atom. The third-order valence-electron chi connectivity index (χ3n) is 2.97. The van der Waals surface area contributed by atoms with Crippen molar-refractivity contribution in [3.63, 3.8) is 0 Å². The summed E-state index contributed by atoms with van der Waals surface area (Å²) in [4.78, 5) is 10.8. The average molecular weight is 206 g/mol. The number of hydrogen-bond donors (Lipinski definition) is 1. The molecule has 1 heterocycles. The summed E-state index contributed by atoms with van der Waals surface area (Å²) in [6.45, 7) is 3.56. The number of nitrogens with two attached hydrogens (primary N) is 1. The number of hydrogen-bond acceptors (Lipinski definition) is 4. The van der Waals surface area contributed by atoms with E-state index >= 15 is 0 Å². The van der Waals surface area contributed by atoms with Gasteiger partial charge in [-0.25, -0.2) is 9.97 Å². The summed E-state index contributed by atoms with van der Waals surface area (Å²) < 4.78 is 0. The second-order valence-electron chi connectivity index (χ2n) is 4.08. The zero-order valence-corrected chi connectivity index (χ0v) is 9.19. The van der Waals surface area contributed by atoms with E-state index in [1.165, 1.54) is 19.3 Å². The maximum absolute atomic E-state index is 5.64. The first kappa shape index (κ1) is 10.4. The van der Waals surface area contributed by atoms with E-state index in [2.05, 4.69) is 14.9 Å². The molecule has 0 radical (unpaired) electrons. The number of aromatic nitrogens is 2. The minimum absolute atomic E-state index is 0.642. The molecule has 0 aliphatic heterocycles. The molecule has 0 spiro atoms. The molecular weight excluding hydrogens is 188 g/mol. The standard InChI is InChI=1S/C11H18N4/c1-9-7-11(14-8-13-9)15(6-5-12)10-3-2-4-10/h7-8,10H,2-6,12H2,1H3. The van der Waals surface area contributed by atoms with E-state index in [4.69, 9.17) is 5.73 Å². The summed E-state index contributed by atoms with van der Waals surface area (Å²) >= 11 is 0. The summed E-state index contributed by atoms with van der Waals surface area (Å²) in [5.74, 6) is 1.03. The Bertz CT molecular complexity index is 322. The molecule has 2 rings (SSSR count). The second-order valence-corrected chi connectivity index (χ2v) is 4.08. The van der Waals surface area contributed by atoms with E-state index < -0.39 is 0 Å². The summed E-state index contributed by atoms with van der Waals surface area (Å²) in [5, 5.41) is 0. The molecule has 4 nitrogen and oxygen atoms in total. The molecule has 1 aromatic heterocycles. The Hall–Kier alpha value is -1.16. The van der Waals surface area contributed by atoms with Gasteiger partial charge in [0.05, 0.1) is 0 Å². The fraction of sp³-hybridized carbons (Fsp3) is 0.636. The van der Waals surface area contributed by atoms with Crippen molar-refractivity contribution in [2.24, 2.45) is 5.73 Å². The quantitative estimate of drug-likeness (QED) is 0.801. The van der Waals surface area contributed by atoms with Crippen LogP contribution in [0, 0.1) is 6.92 Å². The van der Waals surface area contributed by atoms with Crippen molar-refractivity contribution in [1.29, 1.82) is 0 Å². The molecule has 15 heavy (non-hydrogen) atoms. The van der Waals surface area contributed by atoms with Gasteiger partial charge >= 0.3 is 0 Å². The fourth-order valence-electron chi connectivity index (χ4n) is 1.92. The van der Waals surface area contributed by atoms with Crippen LogP contribution in [0.5, 0.6) is 0 Å². The first-order valence-electron chi connectivity index (χ1n) is 5.56. The zero-order valence-electron chi connectivity index (χ0n) is 9.19. The van der Waals surface area contributed by atoms with Gasteiger partial charge in [-0.1, -0.05) is 0 Å². The predicted molar refractivity (Wildman–Crippen MR) is 60.8 cm³/mol. The SMILES string of the molecule is Cc1cc(N(CCN)C2CCC2)ncn1. The van der Waals surface area contributed by atoms with Gasteiger partial charge in [0, 0.05) is 30.9 Å². The van der Waals surface area contributed by atoms with Crippen LogP contribution in [0.4, 0.5) is 5.82 Å². The van der Waals surface area contributed by atoms with Crippen molar-refractivity contribution in [1.82, 2.24) is 9.97 Å². The largest absolute Gasteiger partial charge is 0.352 e. The van der Waals surface area contributed by atoms with Crippen molar-refractivity contribution in [2.45, 2.75) is 32.2 Å². The molecule has 1 fully saturated rings. The lowest BCUT2D eigenvalue weighted by Crippen LogP contribution is -2.43. The smallest absolute Gasteiger partial charge is 0.132 e. The molecule has 0 aromatic carbocycles. The average Bonchev–Trinajstić information content (AvgIpc) is 2.14. The number of rotatable bonds is 4. The minimum Gasteiger partial charge on any atom is -0.352 e. The van der Waals surface area contributed by atoms with Crippen LogP contribution in [0.3, 0.4) is 0 Å². The Kier molecular flexibility index (Phi) is 3.16. The van der Waals surface area contributed by atoms with Crippen LogP contribution in [0.15, 0.2) is 12.4 Å².